The van der Waals surface area contributed by atoms with E-state index in [1.54, 1.807) is 28.8 Å². The van der Waals surface area contributed by atoms with Crippen molar-refractivity contribution in [3.63, 3.8) is 0 Å². The van der Waals surface area contributed by atoms with Crippen molar-refractivity contribution in [2.75, 3.05) is 6.61 Å². The van der Waals surface area contributed by atoms with Crippen LogP contribution in [0.25, 0.3) is 10.9 Å². The minimum absolute atomic E-state index is 0.0698. The van der Waals surface area contributed by atoms with E-state index in [9.17, 15) is 10.0 Å². The molecule has 0 fully saturated rings. The van der Waals surface area contributed by atoms with Gasteiger partial charge in [-0.25, -0.2) is 0 Å². The number of nitroso groups, excluding NO2 is 1. The number of benzene rings is 2. The Kier molecular flexibility index (Phi) is 5.16. The number of para-hydroxylation sites is 1. The third-order valence-corrected chi connectivity index (χ3v) is 4.53. The number of nitrogens with zero attached hydrogens (tertiary/aromatic N) is 2. The fraction of sp³-hybridized carbons (Fsp3) is 0.222. The van der Waals surface area contributed by atoms with Crippen LogP contribution in [-0.4, -0.2) is 16.3 Å². The predicted octanol–water partition coefficient (Wildman–Crippen LogP) is 5.83. The zero-order chi connectivity index (χ0) is 18.0. The zero-order valence-electron chi connectivity index (χ0n) is 13.5. The van der Waals surface area contributed by atoms with Gasteiger partial charge in [-0.3, -0.25) is 0 Å². The molecule has 0 aliphatic carbocycles. The van der Waals surface area contributed by atoms with Crippen LogP contribution in [0.1, 0.15) is 12.0 Å². The number of halogens is 2. The van der Waals surface area contributed by atoms with Crippen LogP contribution in [0.4, 0.5) is 5.69 Å². The monoisotopic (exact) mass is 378 g/mol. The molecule has 25 heavy (non-hydrogen) atoms. The van der Waals surface area contributed by atoms with E-state index < -0.39 is 0 Å². The second-order valence-corrected chi connectivity index (χ2v) is 6.51. The van der Waals surface area contributed by atoms with Gasteiger partial charge < -0.3 is 14.4 Å². The summed E-state index contributed by atoms with van der Waals surface area (Å²) < 4.78 is 7.35. The highest BCUT2D eigenvalue weighted by Crippen LogP contribution is 2.39. The highest BCUT2D eigenvalue weighted by Gasteiger charge is 2.18. The summed E-state index contributed by atoms with van der Waals surface area (Å²) in [6, 6.07) is 10.6. The third-order valence-electron chi connectivity index (χ3n) is 4.00. The number of rotatable bonds is 6. The quantitative estimate of drug-likeness (QED) is 0.433. The molecule has 3 aromatic rings. The lowest BCUT2D eigenvalue weighted by Crippen LogP contribution is -2.05. The number of hydrogen-bond donors (Lipinski definition) is 1. The first-order chi connectivity index (χ1) is 12.0. The summed E-state index contributed by atoms with van der Waals surface area (Å²) in [7, 11) is 0. The Morgan fingerprint density at radius 3 is 2.76 bits per heavy atom. The van der Waals surface area contributed by atoms with Crippen molar-refractivity contribution < 1.29 is 9.84 Å². The topological polar surface area (TPSA) is 63.8 Å². The standard InChI is InChI=1S/C18H16Cl2N2O3/c1-11-4-2-5-13-16(21-24)18(23)22(17(11)13)8-3-9-25-15-7-6-12(19)10-14(15)20/h2,4-7,10,23H,3,8-9H2,1H3. The predicted molar refractivity (Wildman–Crippen MR) is 100 cm³/mol. The Morgan fingerprint density at radius 1 is 1.24 bits per heavy atom. The zero-order valence-corrected chi connectivity index (χ0v) is 15.0. The molecule has 0 saturated carbocycles. The molecule has 0 unspecified atom stereocenters. The summed E-state index contributed by atoms with van der Waals surface area (Å²) in [6.07, 6.45) is 0.614. The SMILES string of the molecule is Cc1cccc2c(N=O)c(O)n(CCCOc3ccc(Cl)cc3Cl)c12. The Balaban J connectivity index is 1.75. The Hall–Kier alpha value is -2.24. The average Bonchev–Trinajstić information content (AvgIpc) is 2.85. The molecule has 7 heteroatoms. The molecule has 0 aliphatic rings. The molecule has 5 nitrogen and oxygen atoms in total. The minimum Gasteiger partial charge on any atom is -0.493 e. The molecule has 3 rings (SSSR count). The van der Waals surface area contributed by atoms with E-state index in [4.69, 9.17) is 27.9 Å². The van der Waals surface area contributed by atoms with Crippen LogP contribution in [0.15, 0.2) is 41.6 Å². The number of fused-ring (bicyclic) bond motifs is 1. The van der Waals surface area contributed by atoms with Gasteiger partial charge >= 0.3 is 0 Å². The van der Waals surface area contributed by atoms with E-state index in [0.717, 1.165) is 11.1 Å². The number of ether oxygens (including phenoxy) is 1. The molecule has 0 aliphatic heterocycles. The first-order valence-corrected chi connectivity index (χ1v) is 8.50. The second-order valence-electron chi connectivity index (χ2n) is 5.66. The van der Waals surface area contributed by atoms with Gasteiger partial charge in [0.1, 0.15) is 5.75 Å². The average molecular weight is 379 g/mol. The van der Waals surface area contributed by atoms with E-state index >= 15 is 0 Å². The molecule has 1 aromatic heterocycles. The summed E-state index contributed by atoms with van der Waals surface area (Å²) in [5.74, 6) is 0.433. The van der Waals surface area contributed by atoms with Crippen LogP contribution in [0, 0.1) is 11.8 Å². The molecule has 0 spiro atoms. The van der Waals surface area contributed by atoms with Crippen LogP contribution in [-0.2, 0) is 6.54 Å². The van der Waals surface area contributed by atoms with Crippen LogP contribution >= 0.6 is 23.2 Å². The molecule has 0 radical (unpaired) electrons. The van der Waals surface area contributed by atoms with E-state index in [0.29, 0.717) is 40.8 Å². The molecule has 0 bridgehead atoms. The fourth-order valence-electron chi connectivity index (χ4n) is 2.87. The lowest BCUT2D eigenvalue weighted by Gasteiger charge is -2.11. The van der Waals surface area contributed by atoms with Crippen LogP contribution < -0.4 is 4.74 Å². The molecule has 1 N–H and O–H groups in total. The molecule has 0 amide bonds. The van der Waals surface area contributed by atoms with Gasteiger partial charge in [-0.2, -0.15) is 0 Å². The van der Waals surface area contributed by atoms with Crippen molar-refractivity contribution in [3.8, 4) is 11.6 Å². The van der Waals surface area contributed by atoms with E-state index in [-0.39, 0.29) is 11.6 Å². The number of aryl methyl sites for hydroxylation is 2. The van der Waals surface area contributed by atoms with Gasteiger partial charge in [-0.15, -0.1) is 4.91 Å². The Morgan fingerprint density at radius 2 is 2.04 bits per heavy atom. The smallest absolute Gasteiger partial charge is 0.222 e. The van der Waals surface area contributed by atoms with E-state index in [2.05, 4.69) is 5.18 Å². The summed E-state index contributed by atoms with van der Waals surface area (Å²) >= 11 is 11.9. The molecule has 0 atom stereocenters. The van der Waals surface area contributed by atoms with Crippen molar-refractivity contribution in [1.29, 1.82) is 0 Å². The van der Waals surface area contributed by atoms with Crippen molar-refractivity contribution >= 4 is 39.8 Å². The lowest BCUT2D eigenvalue weighted by atomic mass is 10.1. The fourth-order valence-corrected chi connectivity index (χ4v) is 3.33. The highest BCUT2D eigenvalue weighted by molar-refractivity contribution is 6.35. The number of aromatic hydroxyl groups is 1. The molecule has 1 heterocycles. The second kappa shape index (κ2) is 7.33. The first kappa shape index (κ1) is 17.6. The largest absolute Gasteiger partial charge is 0.493 e. The van der Waals surface area contributed by atoms with Gasteiger partial charge in [0.2, 0.25) is 5.88 Å². The van der Waals surface area contributed by atoms with Crippen LogP contribution in [0.3, 0.4) is 0 Å². The molecule has 2 aromatic carbocycles. The minimum atomic E-state index is -0.121. The highest BCUT2D eigenvalue weighted by atomic mass is 35.5. The maximum absolute atomic E-state index is 11.1. The Labute approximate surface area is 154 Å². The van der Waals surface area contributed by atoms with Crippen molar-refractivity contribution in [2.45, 2.75) is 19.9 Å². The van der Waals surface area contributed by atoms with Gasteiger partial charge in [0.25, 0.3) is 0 Å². The summed E-state index contributed by atoms with van der Waals surface area (Å²) in [5.41, 5.74) is 1.84. The summed E-state index contributed by atoms with van der Waals surface area (Å²) in [5, 5.41) is 14.9. The lowest BCUT2D eigenvalue weighted by molar-refractivity contribution is 0.298. The maximum atomic E-state index is 11.1. The summed E-state index contributed by atoms with van der Waals surface area (Å²) in [6.45, 7) is 2.81. The van der Waals surface area contributed by atoms with E-state index in [1.807, 2.05) is 19.1 Å². The molecular weight excluding hydrogens is 363 g/mol. The van der Waals surface area contributed by atoms with Gasteiger partial charge in [-0.05, 0) is 42.3 Å². The third kappa shape index (κ3) is 3.43. The van der Waals surface area contributed by atoms with E-state index in [1.165, 1.54) is 0 Å². The van der Waals surface area contributed by atoms with Gasteiger partial charge in [0.15, 0.2) is 5.69 Å². The van der Waals surface area contributed by atoms with Crippen molar-refractivity contribution in [3.05, 3.63) is 56.9 Å². The normalized spacial score (nSPS) is 11.0. The molecule has 0 saturated heterocycles. The molecular formula is C18H16Cl2N2O3. The number of aromatic nitrogens is 1. The van der Waals surface area contributed by atoms with Crippen LogP contribution in [0.5, 0.6) is 11.6 Å². The van der Waals surface area contributed by atoms with Gasteiger partial charge in [-0.1, -0.05) is 41.4 Å². The molecule has 130 valence electrons. The number of hydrogen-bond acceptors (Lipinski definition) is 4. The van der Waals surface area contributed by atoms with Crippen molar-refractivity contribution in [2.24, 2.45) is 5.18 Å². The Bertz CT molecular complexity index is 938. The summed E-state index contributed by atoms with van der Waals surface area (Å²) in [4.78, 5) is 11.1. The maximum Gasteiger partial charge on any atom is 0.222 e. The van der Waals surface area contributed by atoms with Crippen LogP contribution in [0.2, 0.25) is 10.0 Å². The van der Waals surface area contributed by atoms with Gasteiger partial charge in [0.05, 0.1) is 17.1 Å². The van der Waals surface area contributed by atoms with Gasteiger partial charge in [0, 0.05) is 17.0 Å². The first-order valence-electron chi connectivity index (χ1n) is 7.75. The van der Waals surface area contributed by atoms with Crippen molar-refractivity contribution in [1.82, 2.24) is 4.57 Å².